The summed E-state index contributed by atoms with van der Waals surface area (Å²) in [5.74, 6) is 1.64. The zero-order valence-corrected chi connectivity index (χ0v) is 12.5. The average Bonchev–Trinajstić information content (AvgIpc) is 2.85. The number of allylic oxidation sites excluding steroid dienone is 2. The van der Waals surface area contributed by atoms with Crippen LogP contribution in [0.5, 0.6) is 11.5 Å². The van der Waals surface area contributed by atoms with Gasteiger partial charge in [0.05, 0.1) is 20.0 Å². The lowest BCUT2D eigenvalue weighted by atomic mass is 10.1. The second kappa shape index (κ2) is 6.01. The van der Waals surface area contributed by atoms with Gasteiger partial charge in [-0.1, -0.05) is 13.2 Å². The summed E-state index contributed by atoms with van der Waals surface area (Å²) in [5, 5.41) is 10.3. The van der Waals surface area contributed by atoms with Gasteiger partial charge in [-0.2, -0.15) is 0 Å². The Labute approximate surface area is 122 Å². The van der Waals surface area contributed by atoms with E-state index in [2.05, 4.69) is 19.2 Å². The first-order valence-corrected chi connectivity index (χ1v) is 7.07. The Hall–Kier alpha value is -1.94. The highest BCUT2D eigenvalue weighted by Gasteiger charge is 2.10. The molecule has 0 radical (unpaired) electrons. The third-order valence-electron chi connectivity index (χ3n) is 3.09. The standard InChI is InChI=1S/C16H18O3S/c1-10(5-6-11(2)17)15-8-12-7-13(18-3)14(19-4)9-16(12)20-15/h7-9,17H,1-2,5-6H2,3-4H3. The molecule has 20 heavy (non-hydrogen) atoms. The van der Waals surface area contributed by atoms with Crippen LogP contribution in [0.25, 0.3) is 15.7 Å². The second-order valence-electron chi connectivity index (χ2n) is 4.53. The molecule has 1 aromatic carbocycles. The van der Waals surface area contributed by atoms with Gasteiger partial charge in [0.25, 0.3) is 0 Å². The number of thiophene rings is 1. The molecular weight excluding hydrogens is 272 g/mol. The molecule has 0 unspecified atom stereocenters. The predicted molar refractivity (Wildman–Crippen MR) is 85.0 cm³/mol. The Balaban J connectivity index is 2.33. The molecule has 106 valence electrons. The lowest BCUT2D eigenvalue weighted by molar-refractivity contribution is 0.356. The van der Waals surface area contributed by atoms with Crippen molar-refractivity contribution in [3.8, 4) is 11.5 Å². The van der Waals surface area contributed by atoms with Crippen LogP contribution in [0.1, 0.15) is 17.7 Å². The summed E-state index contributed by atoms with van der Waals surface area (Å²) in [7, 11) is 3.26. The van der Waals surface area contributed by atoms with Crippen molar-refractivity contribution in [2.45, 2.75) is 12.8 Å². The molecular formula is C16H18O3S. The van der Waals surface area contributed by atoms with Gasteiger partial charge in [0.1, 0.15) is 0 Å². The summed E-state index contributed by atoms with van der Waals surface area (Å²) >= 11 is 1.66. The molecule has 0 bridgehead atoms. The van der Waals surface area contributed by atoms with E-state index in [1.807, 2.05) is 12.1 Å². The van der Waals surface area contributed by atoms with Crippen molar-refractivity contribution in [1.29, 1.82) is 0 Å². The fourth-order valence-electron chi connectivity index (χ4n) is 1.96. The number of hydrogen-bond donors (Lipinski definition) is 1. The van der Waals surface area contributed by atoms with Crippen LogP contribution >= 0.6 is 11.3 Å². The van der Waals surface area contributed by atoms with Gasteiger partial charge in [0.15, 0.2) is 11.5 Å². The zero-order chi connectivity index (χ0) is 14.7. The van der Waals surface area contributed by atoms with Crippen molar-refractivity contribution < 1.29 is 14.6 Å². The van der Waals surface area contributed by atoms with Gasteiger partial charge >= 0.3 is 0 Å². The van der Waals surface area contributed by atoms with E-state index in [9.17, 15) is 0 Å². The number of ether oxygens (including phenoxy) is 2. The van der Waals surface area contributed by atoms with Gasteiger partial charge in [0, 0.05) is 22.1 Å². The Morgan fingerprint density at radius 1 is 1.10 bits per heavy atom. The lowest BCUT2D eigenvalue weighted by Gasteiger charge is -2.06. The second-order valence-corrected chi connectivity index (χ2v) is 5.61. The molecule has 0 aliphatic rings. The van der Waals surface area contributed by atoms with Crippen LogP contribution in [0.15, 0.2) is 37.1 Å². The molecule has 0 saturated carbocycles. The van der Waals surface area contributed by atoms with Crippen molar-refractivity contribution in [2.75, 3.05) is 14.2 Å². The van der Waals surface area contributed by atoms with Crippen LogP contribution in [-0.4, -0.2) is 19.3 Å². The molecule has 0 aliphatic heterocycles. The van der Waals surface area contributed by atoms with E-state index < -0.39 is 0 Å². The number of hydrogen-bond acceptors (Lipinski definition) is 4. The van der Waals surface area contributed by atoms with Gasteiger partial charge in [-0.3, -0.25) is 0 Å². The van der Waals surface area contributed by atoms with Crippen LogP contribution in [0.4, 0.5) is 0 Å². The number of fused-ring (bicyclic) bond motifs is 1. The van der Waals surface area contributed by atoms with Crippen molar-refractivity contribution in [3.63, 3.8) is 0 Å². The van der Waals surface area contributed by atoms with E-state index in [1.54, 1.807) is 25.6 Å². The fraction of sp³-hybridized carbons (Fsp3) is 0.250. The molecule has 1 N–H and O–H groups in total. The Morgan fingerprint density at radius 2 is 1.75 bits per heavy atom. The number of aliphatic hydroxyl groups excluding tert-OH is 1. The Morgan fingerprint density at radius 3 is 2.35 bits per heavy atom. The number of rotatable bonds is 6. The molecule has 0 amide bonds. The van der Waals surface area contributed by atoms with Crippen molar-refractivity contribution in [1.82, 2.24) is 0 Å². The van der Waals surface area contributed by atoms with Crippen molar-refractivity contribution >= 4 is 27.0 Å². The highest BCUT2D eigenvalue weighted by atomic mass is 32.1. The van der Waals surface area contributed by atoms with Gasteiger partial charge in [-0.25, -0.2) is 0 Å². The molecule has 2 aromatic rings. The van der Waals surface area contributed by atoms with Crippen LogP contribution in [0.2, 0.25) is 0 Å². The minimum atomic E-state index is 0.190. The van der Waals surface area contributed by atoms with E-state index in [0.717, 1.165) is 32.0 Å². The monoisotopic (exact) mass is 290 g/mol. The third-order valence-corrected chi connectivity index (χ3v) is 4.29. The van der Waals surface area contributed by atoms with E-state index in [4.69, 9.17) is 14.6 Å². The van der Waals surface area contributed by atoms with Gasteiger partial charge in [-0.05, 0) is 29.5 Å². The molecule has 4 heteroatoms. The molecule has 1 heterocycles. The number of benzene rings is 1. The quantitative estimate of drug-likeness (QED) is 0.778. The summed E-state index contributed by atoms with van der Waals surface area (Å²) in [6, 6.07) is 6.03. The van der Waals surface area contributed by atoms with Gasteiger partial charge < -0.3 is 14.6 Å². The highest BCUT2D eigenvalue weighted by molar-refractivity contribution is 7.20. The first-order valence-electron chi connectivity index (χ1n) is 6.25. The number of aliphatic hydroxyl groups is 1. The Kier molecular flexibility index (Phi) is 4.35. The van der Waals surface area contributed by atoms with Crippen molar-refractivity contribution in [3.05, 3.63) is 42.0 Å². The SMILES string of the molecule is C=C(O)CCC(=C)c1cc2cc(OC)c(OC)cc2s1. The molecule has 0 atom stereocenters. The zero-order valence-electron chi connectivity index (χ0n) is 11.7. The predicted octanol–water partition coefficient (Wildman–Crippen LogP) is 4.78. The molecule has 0 saturated heterocycles. The average molecular weight is 290 g/mol. The maximum Gasteiger partial charge on any atom is 0.162 e. The molecule has 2 rings (SSSR count). The molecule has 3 nitrogen and oxygen atoms in total. The van der Waals surface area contributed by atoms with E-state index in [1.165, 1.54) is 0 Å². The summed E-state index contributed by atoms with van der Waals surface area (Å²) < 4.78 is 11.7. The first-order chi connectivity index (χ1) is 9.55. The Bertz CT molecular complexity index is 614. The first kappa shape index (κ1) is 14.5. The maximum atomic E-state index is 9.16. The summed E-state index contributed by atoms with van der Waals surface area (Å²) in [6.45, 7) is 7.57. The van der Waals surface area contributed by atoms with Crippen LogP contribution < -0.4 is 9.47 Å². The fourth-order valence-corrected chi connectivity index (χ4v) is 3.03. The van der Waals surface area contributed by atoms with Gasteiger partial charge in [-0.15, -0.1) is 11.3 Å². The summed E-state index contributed by atoms with van der Waals surface area (Å²) in [6.07, 6.45) is 1.25. The molecule has 1 aromatic heterocycles. The van der Waals surface area contributed by atoms with Gasteiger partial charge in [0.2, 0.25) is 0 Å². The normalized spacial score (nSPS) is 10.5. The largest absolute Gasteiger partial charge is 0.513 e. The summed E-state index contributed by atoms with van der Waals surface area (Å²) in [4.78, 5) is 1.11. The van der Waals surface area contributed by atoms with Crippen LogP contribution in [0, 0.1) is 0 Å². The minimum absolute atomic E-state index is 0.190. The topological polar surface area (TPSA) is 38.7 Å². The van der Waals surface area contributed by atoms with Crippen LogP contribution in [0.3, 0.4) is 0 Å². The van der Waals surface area contributed by atoms with Crippen molar-refractivity contribution in [2.24, 2.45) is 0 Å². The molecule has 0 aliphatic carbocycles. The summed E-state index contributed by atoms with van der Waals surface area (Å²) in [5.41, 5.74) is 0.999. The minimum Gasteiger partial charge on any atom is -0.513 e. The third kappa shape index (κ3) is 2.96. The molecule has 0 fully saturated rings. The van der Waals surface area contributed by atoms with E-state index in [0.29, 0.717) is 12.8 Å². The maximum absolute atomic E-state index is 9.16. The molecule has 0 spiro atoms. The van der Waals surface area contributed by atoms with E-state index >= 15 is 0 Å². The smallest absolute Gasteiger partial charge is 0.162 e. The van der Waals surface area contributed by atoms with E-state index in [-0.39, 0.29) is 5.76 Å². The highest BCUT2D eigenvalue weighted by Crippen LogP contribution is 2.38. The van der Waals surface area contributed by atoms with Crippen LogP contribution in [-0.2, 0) is 0 Å². The lowest BCUT2D eigenvalue weighted by Crippen LogP contribution is -1.89. The number of methoxy groups -OCH3 is 2.